The minimum absolute atomic E-state index is 0.309. The number of ether oxygens (including phenoxy) is 1. The predicted molar refractivity (Wildman–Crippen MR) is 91.0 cm³/mol. The maximum atomic E-state index is 13.6. The second-order valence-corrected chi connectivity index (χ2v) is 4.88. The summed E-state index contributed by atoms with van der Waals surface area (Å²) in [5, 5.41) is 7.37. The molecule has 0 aliphatic heterocycles. The quantitative estimate of drug-likeness (QED) is 0.514. The van der Waals surface area contributed by atoms with Crippen LogP contribution in [0.1, 0.15) is 12.5 Å². The molecule has 0 saturated heterocycles. The maximum absolute atomic E-state index is 13.6. The number of anilines is 1. The Labute approximate surface area is 134 Å². The van der Waals surface area contributed by atoms with Gasteiger partial charge < -0.3 is 10.1 Å². The molecule has 6 heteroatoms. The number of thiocarbonyl (C=S) groups is 1. The Kier molecular flexibility index (Phi) is 5.43. The lowest BCUT2D eigenvalue weighted by Gasteiger charge is -2.09. The second kappa shape index (κ2) is 7.51. The van der Waals surface area contributed by atoms with E-state index in [-0.39, 0.29) is 5.82 Å². The minimum atomic E-state index is -0.322. The number of hydrogen-bond acceptors (Lipinski definition) is 3. The molecule has 0 amide bonds. The Morgan fingerprint density at radius 3 is 2.68 bits per heavy atom. The average Bonchev–Trinajstić information content (AvgIpc) is 2.53. The molecule has 0 atom stereocenters. The van der Waals surface area contributed by atoms with Crippen LogP contribution in [0.4, 0.5) is 10.1 Å². The Morgan fingerprint density at radius 2 is 1.95 bits per heavy atom. The normalized spacial score (nSPS) is 11.0. The molecular weight excluding hydrogens is 301 g/mol. The van der Waals surface area contributed by atoms with Crippen LogP contribution in [-0.4, -0.2) is 17.9 Å². The highest BCUT2D eigenvalue weighted by Gasteiger charge is 2.04. The third kappa shape index (κ3) is 4.26. The summed E-state index contributed by atoms with van der Waals surface area (Å²) in [6.45, 7) is 1.71. The largest absolute Gasteiger partial charge is 0.497 e. The van der Waals surface area contributed by atoms with Crippen molar-refractivity contribution in [2.45, 2.75) is 6.92 Å². The van der Waals surface area contributed by atoms with Gasteiger partial charge in [0.15, 0.2) is 5.11 Å². The molecule has 22 heavy (non-hydrogen) atoms. The first-order chi connectivity index (χ1) is 10.6. The van der Waals surface area contributed by atoms with E-state index >= 15 is 0 Å². The van der Waals surface area contributed by atoms with Crippen LogP contribution >= 0.6 is 12.2 Å². The van der Waals surface area contributed by atoms with Crippen LogP contribution in [0.15, 0.2) is 53.6 Å². The third-order valence-electron chi connectivity index (χ3n) is 2.92. The molecule has 0 aliphatic carbocycles. The van der Waals surface area contributed by atoms with Crippen molar-refractivity contribution in [1.82, 2.24) is 5.43 Å². The topological polar surface area (TPSA) is 45.6 Å². The first-order valence-corrected chi connectivity index (χ1v) is 7.01. The molecule has 2 N–H and O–H groups in total. The minimum Gasteiger partial charge on any atom is -0.497 e. The number of rotatable bonds is 4. The molecule has 0 saturated carbocycles. The van der Waals surface area contributed by atoms with E-state index in [0.717, 1.165) is 11.4 Å². The Bertz CT molecular complexity index is 703. The second-order valence-electron chi connectivity index (χ2n) is 4.47. The molecule has 2 rings (SSSR count). The lowest BCUT2D eigenvalue weighted by atomic mass is 10.1. The van der Waals surface area contributed by atoms with Crippen molar-refractivity contribution in [2.75, 3.05) is 12.4 Å². The summed E-state index contributed by atoms with van der Waals surface area (Å²) >= 11 is 5.15. The monoisotopic (exact) mass is 317 g/mol. The van der Waals surface area contributed by atoms with Crippen molar-refractivity contribution >= 4 is 28.7 Å². The number of halogens is 1. The van der Waals surface area contributed by atoms with Crippen molar-refractivity contribution in [1.29, 1.82) is 0 Å². The summed E-state index contributed by atoms with van der Waals surface area (Å²) in [5.74, 6) is 0.399. The molecule has 0 unspecified atom stereocenters. The summed E-state index contributed by atoms with van der Waals surface area (Å²) in [5.41, 5.74) is 4.41. The molecule has 2 aromatic carbocycles. The third-order valence-corrected chi connectivity index (χ3v) is 3.11. The van der Waals surface area contributed by atoms with E-state index in [9.17, 15) is 4.39 Å². The summed E-state index contributed by atoms with van der Waals surface area (Å²) in [7, 11) is 1.59. The van der Waals surface area contributed by atoms with Gasteiger partial charge in [0.25, 0.3) is 0 Å². The van der Waals surface area contributed by atoms with Crippen LogP contribution in [-0.2, 0) is 0 Å². The van der Waals surface area contributed by atoms with E-state index in [1.165, 1.54) is 6.07 Å². The highest BCUT2D eigenvalue weighted by atomic mass is 32.1. The van der Waals surface area contributed by atoms with E-state index in [1.54, 1.807) is 38.3 Å². The van der Waals surface area contributed by atoms with Gasteiger partial charge in [-0.2, -0.15) is 5.10 Å². The summed E-state index contributed by atoms with van der Waals surface area (Å²) in [6, 6.07) is 13.8. The zero-order valence-electron chi connectivity index (χ0n) is 12.3. The van der Waals surface area contributed by atoms with Gasteiger partial charge in [-0.25, -0.2) is 4.39 Å². The van der Waals surface area contributed by atoms with Crippen molar-refractivity contribution in [3.63, 3.8) is 0 Å². The fraction of sp³-hybridized carbons (Fsp3) is 0.125. The van der Waals surface area contributed by atoms with Gasteiger partial charge in [-0.1, -0.05) is 24.3 Å². The van der Waals surface area contributed by atoms with E-state index in [1.807, 2.05) is 18.2 Å². The maximum Gasteiger partial charge on any atom is 0.191 e. The van der Waals surface area contributed by atoms with Crippen molar-refractivity contribution < 1.29 is 9.13 Å². The van der Waals surface area contributed by atoms with Crippen LogP contribution < -0.4 is 15.5 Å². The van der Waals surface area contributed by atoms with Gasteiger partial charge in [0.1, 0.15) is 11.6 Å². The zero-order chi connectivity index (χ0) is 15.9. The van der Waals surface area contributed by atoms with E-state index in [2.05, 4.69) is 15.8 Å². The number of methoxy groups -OCH3 is 1. The molecule has 0 heterocycles. The lowest BCUT2D eigenvalue weighted by Crippen LogP contribution is -2.25. The summed E-state index contributed by atoms with van der Waals surface area (Å²) < 4.78 is 18.8. The molecule has 0 aromatic heterocycles. The number of nitrogens with zero attached hydrogens (tertiary/aromatic N) is 1. The van der Waals surface area contributed by atoms with Crippen molar-refractivity contribution in [3.05, 3.63) is 59.9 Å². The molecule has 0 bridgehead atoms. The van der Waals surface area contributed by atoms with Gasteiger partial charge in [0.2, 0.25) is 0 Å². The van der Waals surface area contributed by atoms with Crippen molar-refractivity contribution in [3.8, 4) is 5.75 Å². The molecule has 0 spiro atoms. The fourth-order valence-electron chi connectivity index (χ4n) is 1.81. The fourth-order valence-corrected chi connectivity index (χ4v) is 1.97. The van der Waals surface area contributed by atoms with Gasteiger partial charge in [-0.3, -0.25) is 5.43 Å². The highest BCUT2D eigenvalue weighted by molar-refractivity contribution is 7.80. The molecule has 0 fully saturated rings. The van der Waals surface area contributed by atoms with Crippen LogP contribution in [0.3, 0.4) is 0 Å². The van der Waals surface area contributed by atoms with Gasteiger partial charge in [-0.15, -0.1) is 0 Å². The van der Waals surface area contributed by atoms with Crippen LogP contribution in [0.2, 0.25) is 0 Å². The molecule has 2 aromatic rings. The van der Waals surface area contributed by atoms with Crippen LogP contribution in [0, 0.1) is 5.82 Å². The van der Waals surface area contributed by atoms with E-state index < -0.39 is 0 Å². The first kappa shape index (κ1) is 15.9. The van der Waals surface area contributed by atoms with Gasteiger partial charge >= 0.3 is 0 Å². The zero-order valence-corrected chi connectivity index (χ0v) is 13.1. The predicted octanol–water partition coefficient (Wildman–Crippen LogP) is 3.54. The first-order valence-electron chi connectivity index (χ1n) is 6.60. The standard InChI is InChI=1S/C16H16FN3OS/c1-11(14-8-3-4-9-15(14)17)19-20-16(22)18-12-6-5-7-13(10-12)21-2/h3-10H,1-2H3,(H2,18,20,22)/b19-11-. The number of hydrazone groups is 1. The highest BCUT2D eigenvalue weighted by Crippen LogP contribution is 2.16. The van der Waals surface area contributed by atoms with Gasteiger partial charge in [0.05, 0.1) is 12.8 Å². The van der Waals surface area contributed by atoms with Gasteiger partial charge in [0, 0.05) is 17.3 Å². The molecule has 0 radical (unpaired) electrons. The number of benzene rings is 2. The summed E-state index contributed by atoms with van der Waals surface area (Å²) in [4.78, 5) is 0. The smallest absolute Gasteiger partial charge is 0.191 e. The Balaban J connectivity index is 2.00. The number of nitrogens with one attached hydrogen (secondary N) is 2. The summed E-state index contributed by atoms with van der Waals surface area (Å²) in [6.07, 6.45) is 0. The van der Waals surface area contributed by atoms with Crippen molar-refractivity contribution in [2.24, 2.45) is 5.10 Å². The Hall–Kier alpha value is -2.47. The van der Waals surface area contributed by atoms with Crippen LogP contribution in [0.25, 0.3) is 0 Å². The molecule has 4 nitrogen and oxygen atoms in total. The lowest BCUT2D eigenvalue weighted by molar-refractivity contribution is 0.415. The average molecular weight is 317 g/mol. The van der Waals surface area contributed by atoms with Gasteiger partial charge in [-0.05, 0) is 37.3 Å². The number of hydrogen-bond donors (Lipinski definition) is 2. The van der Waals surface area contributed by atoms with E-state index in [0.29, 0.717) is 16.4 Å². The molecular formula is C16H16FN3OS. The molecule has 0 aliphatic rings. The van der Waals surface area contributed by atoms with E-state index in [4.69, 9.17) is 17.0 Å². The molecule has 114 valence electrons. The SMILES string of the molecule is COc1cccc(NC(=S)N/N=C(/C)c2ccccc2F)c1. The Morgan fingerprint density at radius 1 is 1.18 bits per heavy atom. The van der Waals surface area contributed by atoms with Crippen LogP contribution in [0.5, 0.6) is 5.75 Å².